The van der Waals surface area contributed by atoms with E-state index in [2.05, 4.69) is 15.5 Å². The van der Waals surface area contributed by atoms with Crippen molar-refractivity contribution in [3.05, 3.63) is 17.0 Å². The van der Waals surface area contributed by atoms with Crippen LogP contribution in [0.3, 0.4) is 0 Å². The van der Waals surface area contributed by atoms with Gasteiger partial charge in [0.15, 0.2) is 5.69 Å². The highest BCUT2D eigenvalue weighted by Crippen LogP contribution is 2.31. The maximum Gasteiger partial charge on any atom is 0.276 e. The minimum Gasteiger partial charge on any atom is -0.360 e. The summed E-state index contributed by atoms with van der Waals surface area (Å²) in [6, 6.07) is 0. The molecule has 0 saturated carbocycles. The molecule has 1 fully saturated rings. The van der Waals surface area contributed by atoms with Gasteiger partial charge in [0.1, 0.15) is 17.1 Å². The van der Waals surface area contributed by atoms with Crippen molar-refractivity contribution in [3.8, 4) is 0 Å². The largest absolute Gasteiger partial charge is 0.360 e. The number of aromatic nitrogens is 1. The van der Waals surface area contributed by atoms with Gasteiger partial charge >= 0.3 is 0 Å². The van der Waals surface area contributed by atoms with Crippen LogP contribution < -0.4 is 5.32 Å². The Labute approximate surface area is 134 Å². The number of carbonyl (C=O) groups is 2. The third-order valence-electron chi connectivity index (χ3n) is 5.13. The van der Waals surface area contributed by atoms with Crippen molar-refractivity contribution in [1.29, 1.82) is 0 Å². The van der Waals surface area contributed by atoms with Crippen LogP contribution >= 0.6 is 0 Å². The normalized spacial score (nSPS) is 22.7. The predicted molar refractivity (Wildman–Crippen MR) is 82.3 cm³/mol. The van der Waals surface area contributed by atoms with E-state index in [1.807, 2.05) is 0 Å². The van der Waals surface area contributed by atoms with Gasteiger partial charge < -0.3 is 14.7 Å². The third-order valence-corrected chi connectivity index (χ3v) is 5.13. The van der Waals surface area contributed by atoms with E-state index in [0.717, 1.165) is 37.0 Å². The standard InChI is InChI=1S/C16H20N4O3/c1-10-17-15(22)16(18-10)6-8-20(9-7-16)14(21)13-11-4-2-3-5-12(11)23-19-13/h2-9H2,1H3,(H,17,18,22). The topological polar surface area (TPSA) is 87.8 Å². The molecule has 2 aliphatic heterocycles. The summed E-state index contributed by atoms with van der Waals surface area (Å²) in [6.45, 7) is 2.83. The fourth-order valence-electron chi connectivity index (χ4n) is 3.80. The molecule has 1 spiro atoms. The molecule has 4 rings (SSSR count). The molecular weight excluding hydrogens is 296 g/mol. The van der Waals surface area contributed by atoms with Crippen LogP contribution in [0.2, 0.25) is 0 Å². The number of piperidine rings is 1. The van der Waals surface area contributed by atoms with Crippen molar-refractivity contribution in [2.75, 3.05) is 13.1 Å². The Kier molecular flexibility index (Phi) is 3.25. The summed E-state index contributed by atoms with van der Waals surface area (Å²) < 4.78 is 5.34. The van der Waals surface area contributed by atoms with Crippen LogP contribution in [0, 0.1) is 0 Å². The van der Waals surface area contributed by atoms with Crippen molar-refractivity contribution < 1.29 is 14.1 Å². The zero-order valence-corrected chi connectivity index (χ0v) is 13.2. The maximum absolute atomic E-state index is 12.7. The van der Waals surface area contributed by atoms with E-state index < -0.39 is 5.54 Å². The molecular formula is C16H20N4O3. The lowest BCUT2D eigenvalue weighted by molar-refractivity contribution is -0.125. The number of carbonyl (C=O) groups excluding carboxylic acids is 2. The highest BCUT2D eigenvalue weighted by Gasteiger charge is 2.46. The highest BCUT2D eigenvalue weighted by atomic mass is 16.5. The van der Waals surface area contributed by atoms with Gasteiger partial charge in [0, 0.05) is 25.1 Å². The van der Waals surface area contributed by atoms with Crippen LogP contribution in [0.15, 0.2) is 9.52 Å². The van der Waals surface area contributed by atoms with Crippen LogP contribution in [0.1, 0.15) is 54.4 Å². The van der Waals surface area contributed by atoms with Crippen molar-refractivity contribution in [2.45, 2.75) is 51.0 Å². The lowest BCUT2D eigenvalue weighted by Crippen LogP contribution is -2.50. The Bertz CT molecular complexity index is 698. The number of aryl methyl sites for hydroxylation is 1. The van der Waals surface area contributed by atoms with Crippen LogP contribution in [-0.2, 0) is 17.6 Å². The van der Waals surface area contributed by atoms with E-state index in [-0.39, 0.29) is 11.8 Å². The second kappa shape index (κ2) is 5.18. The molecule has 0 atom stereocenters. The Hall–Kier alpha value is -2.18. The first-order valence-corrected chi connectivity index (χ1v) is 8.24. The van der Waals surface area contributed by atoms with Gasteiger partial charge in [-0.25, -0.2) is 0 Å². The first kappa shape index (κ1) is 14.4. The van der Waals surface area contributed by atoms with Crippen LogP contribution in [0.4, 0.5) is 0 Å². The molecule has 23 heavy (non-hydrogen) atoms. The summed E-state index contributed by atoms with van der Waals surface area (Å²) in [5.74, 6) is 1.41. The van der Waals surface area contributed by atoms with E-state index in [4.69, 9.17) is 4.52 Å². The number of amidine groups is 1. The molecule has 3 heterocycles. The molecule has 122 valence electrons. The van der Waals surface area contributed by atoms with E-state index in [1.54, 1.807) is 11.8 Å². The van der Waals surface area contributed by atoms with Gasteiger partial charge in [0.05, 0.1) is 0 Å². The van der Waals surface area contributed by atoms with E-state index >= 15 is 0 Å². The van der Waals surface area contributed by atoms with Crippen LogP contribution in [0.25, 0.3) is 0 Å². The fourth-order valence-corrected chi connectivity index (χ4v) is 3.80. The predicted octanol–water partition coefficient (Wildman–Crippen LogP) is 1.08. The lowest BCUT2D eigenvalue weighted by atomic mass is 9.87. The first-order chi connectivity index (χ1) is 11.1. The molecule has 1 saturated heterocycles. The summed E-state index contributed by atoms with van der Waals surface area (Å²) in [4.78, 5) is 31.1. The summed E-state index contributed by atoms with van der Waals surface area (Å²) in [5.41, 5.74) is 0.768. The molecule has 1 aromatic rings. The van der Waals surface area contributed by atoms with Crippen LogP contribution in [0.5, 0.6) is 0 Å². The average Bonchev–Trinajstić information content (AvgIpc) is 3.09. The van der Waals surface area contributed by atoms with Gasteiger partial charge in [-0.2, -0.15) is 0 Å². The van der Waals surface area contributed by atoms with Gasteiger partial charge in [-0.1, -0.05) is 5.16 Å². The van der Waals surface area contributed by atoms with Gasteiger partial charge in [0.25, 0.3) is 11.8 Å². The first-order valence-electron chi connectivity index (χ1n) is 8.24. The number of nitrogens with zero attached hydrogens (tertiary/aromatic N) is 3. The Morgan fingerprint density at radius 2 is 2.00 bits per heavy atom. The fraction of sp³-hybridized carbons (Fsp3) is 0.625. The molecule has 7 heteroatoms. The maximum atomic E-state index is 12.7. The molecule has 1 N–H and O–H groups in total. The van der Waals surface area contributed by atoms with Crippen molar-refractivity contribution in [2.24, 2.45) is 4.99 Å². The molecule has 0 radical (unpaired) electrons. The average molecular weight is 316 g/mol. The Balaban J connectivity index is 1.50. The molecule has 0 unspecified atom stereocenters. The molecule has 1 aliphatic carbocycles. The number of hydrogen-bond acceptors (Lipinski definition) is 5. The van der Waals surface area contributed by atoms with E-state index in [9.17, 15) is 9.59 Å². The van der Waals surface area contributed by atoms with E-state index in [1.165, 1.54) is 0 Å². The SMILES string of the molecule is CC1=NC2(CCN(C(=O)c3noc4c3CCCC4)CC2)C(=O)N1. The number of fused-ring (bicyclic) bond motifs is 1. The minimum absolute atomic E-state index is 0.0408. The summed E-state index contributed by atoms with van der Waals surface area (Å²) in [7, 11) is 0. The Morgan fingerprint density at radius 3 is 2.70 bits per heavy atom. The second-order valence-corrected chi connectivity index (χ2v) is 6.62. The Morgan fingerprint density at radius 1 is 1.26 bits per heavy atom. The van der Waals surface area contributed by atoms with Crippen molar-refractivity contribution in [3.63, 3.8) is 0 Å². The van der Waals surface area contributed by atoms with Gasteiger partial charge in [0.2, 0.25) is 0 Å². The lowest BCUT2D eigenvalue weighted by Gasteiger charge is -2.35. The van der Waals surface area contributed by atoms with Gasteiger partial charge in [-0.05, 0) is 39.0 Å². The van der Waals surface area contributed by atoms with Crippen LogP contribution in [-0.4, -0.2) is 46.3 Å². The quantitative estimate of drug-likeness (QED) is 0.839. The summed E-state index contributed by atoms with van der Waals surface area (Å²) in [6.07, 6.45) is 5.01. The molecule has 7 nitrogen and oxygen atoms in total. The van der Waals surface area contributed by atoms with Gasteiger partial charge in [-0.3, -0.25) is 14.6 Å². The monoisotopic (exact) mass is 316 g/mol. The highest BCUT2D eigenvalue weighted by molar-refractivity contribution is 6.07. The second-order valence-electron chi connectivity index (χ2n) is 6.62. The summed E-state index contributed by atoms with van der Waals surface area (Å²) >= 11 is 0. The molecule has 3 aliphatic rings. The number of likely N-dealkylation sites (tertiary alicyclic amines) is 1. The van der Waals surface area contributed by atoms with Crippen molar-refractivity contribution in [1.82, 2.24) is 15.4 Å². The number of nitrogens with one attached hydrogen (secondary N) is 1. The zero-order valence-electron chi connectivity index (χ0n) is 13.2. The third kappa shape index (κ3) is 2.26. The van der Waals surface area contributed by atoms with Gasteiger partial charge in [-0.15, -0.1) is 0 Å². The van der Waals surface area contributed by atoms with E-state index in [0.29, 0.717) is 37.5 Å². The smallest absolute Gasteiger partial charge is 0.276 e. The summed E-state index contributed by atoms with van der Waals surface area (Å²) in [5, 5.41) is 6.79. The molecule has 2 amide bonds. The molecule has 0 aromatic carbocycles. The number of amides is 2. The number of aliphatic imine (C=N–C) groups is 1. The minimum atomic E-state index is -0.676. The number of hydrogen-bond donors (Lipinski definition) is 1. The zero-order chi connectivity index (χ0) is 16.0. The molecule has 1 aromatic heterocycles. The number of rotatable bonds is 1. The molecule has 0 bridgehead atoms. The van der Waals surface area contributed by atoms with Crippen molar-refractivity contribution >= 4 is 17.6 Å².